The number of hydrogen-bond donors (Lipinski definition) is 1. The van der Waals surface area contributed by atoms with E-state index in [1.807, 2.05) is 38.1 Å². The van der Waals surface area contributed by atoms with Crippen LogP contribution in [-0.4, -0.2) is 31.5 Å². The minimum absolute atomic E-state index is 0.0145. The Morgan fingerprint density at radius 1 is 1.35 bits per heavy atom. The lowest BCUT2D eigenvalue weighted by Crippen LogP contribution is -2.39. The Morgan fingerprint density at radius 3 is 2.55 bits per heavy atom. The molecule has 0 spiro atoms. The number of methoxy groups -OCH3 is 1. The van der Waals surface area contributed by atoms with Crippen molar-refractivity contribution in [2.75, 3.05) is 18.6 Å². The standard InChI is InChI=1S/C15H20N2O3/c1-10(2)15(19)16-11-8-14(18)17(9-11)12-4-6-13(20-3)7-5-12/h4-7,10-11H,8-9H2,1-3H3,(H,16,19). The van der Waals surface area contributed by atoms with Gasteiger partial charge < -0.3 is 15.0 Å². The highest BCUT2D eigenvalue weighted by Crippen LogP contribution is 2.24. The van der Waals surface area contributed by atoms with Gasteiger partial charge in [-0.3, -0.25) is 9.59 Å². The molecule has 108 valence electrons. The Kier molecular flexibility index (Phi) is 4.27. The molecule has 1 aromatic rings. The average Bonchev–Trinajstić information content (AvgIpc) is 2.79. The second-order valence-electron chi connectivity index (χ2n) is 5.27. The quantitative estimate of drug-likeness (QED) is 0.908. The van der Waals surface area contributed by atoms with Crippen LogP contribution in [0.5, 0.6) is 5.75 Å². The summed E-state index contributed by atoms with van der Waals surface area (Å²) in [5.74, 6) is 0.703. The normalized spacial score (nSPS) is 18.5. The third-order valence-corrected chi connectivity index (χ3v) is 3.38. The van der Waals surface area contributed by atoms with Gasteiger partial charge in [-0.25, -0.2) is 0 Å². The Balaban J connectivity index is 2.03. The van der Waals surface area contributed by atoms with Gasteiger partial charge in [0, 0.05) is 24.6 Å². The SMILES string of the molecule is COc1ccc(N2CC(NC(=O)C(C)C)CC2=O)cc1. The lowest BCUT2D eigenvalue weighted by atomic mass is 10.2. The van der Waals surface area contributed by atoms with Crippen molar-refractivity contribution >= 4 is 17.5 Å². The number of carbonyl (C=O) groups excluding carboxylic acids is 2. The van der Waals surface area contributed by atoms with E-state index in [1.165, 1.54) is 0 Å². The molecule has 0 bridgehead atoms. The van der Waals surface area contributed by atoms with Gasteiger partial charge in [-0.1, -0.05) is 13.8 Å². The van der Waals surface area contributed by atoms with E-state index in [-0.39, 0.29) is 23.8 Å². The maximum atomic E-state index is 12.0. The first-order chi connectivity index (χ1) is 9.51. The molecule has 1 saturated heterocycles. The van der Waals surface area contributed by atoms with Crippen molar-refractivity contribution in [3.05, 3.63) is 24.3 Å². The van der Waals surface area contributed by atoms with Crippen LogP contribution in [-0.2, 0) is 9.59 Å². The average molecular weight is 276 g/mol. The summed E-state index contributed by atoms with van der Waals surface area (Å²) < 4.78 is 5.10. The second-order valence-corrected chi connectivity index (χ2v) is 5.27. The topological polar surface area (TPSA) is 58.6 Å². The fourth-order valence-corrected chi connectivity index (χ4v) is 2.18. The van der Waals surface area contributed by atoms with Crippen LogP contribution < -0.4 is 15.0 Å². The van der Waals surface area contributed by atoms with Gasteiger partial charge >= 0.3 is 0 Å². The molecular formula is C15H20N2O3. The summed E-state index contributed by atoms with van der Waals surface area (Å²) in [5.41, 5.74) is 0.831. The number of anilines is 1. The number of amides is 2. The number of carbonyl (C=O) groups is 2. The zero-order valence-corrected chi connectivity index (χ0v) is 12.1. The molecule has 1 heterocycles. The summed E-state index contributed by atoms with van der Waals surface area (Å²) in [4.78, 5) is 25.4. The highest BCUT2D eigenvalue weighted by atomic mass is 16.5. The molecule has 1 atom stereocenters. The molecule has 5 heteroatoms. The zero-order chi connectivity index (χ0) is 14.7. The Hall–Kier alpha value is -2.04. The van der Waals surface area contributed by atoms with Crippen LogP contribution in [0.25, 0.3) is 0 Å². The van der Waals surface area contributed by atoms with Crippen molar-refractivity contribution < 1.29 is 14.3 Å². The van der Waals surface area contributed by atoms with Gasteiger partial charge in [0.05, 0.1) is 13.2 Å². The molecule has 2 amide bonds. The van der Waals surface area contributed by atoms with E-state index in [1.54, 1.807) is 12.0 Å². The molecule has 1 unspecified atom stereocenters. The summed E-state index contributed by atoms with van der Waals surface area (Å²) in [5, 5.41) is 2.90. The van der Waals surface area contributed by atoms with Crippen molar-refractivity contribution in [1.29, 1.82) is 0 Å². The van der Waals surface area contributed by atoms with Crippen LogP contribution in [0.1, 0.15) is 20.3 Å². The Labute approximate surface area is 118 Å². The van der Waals surface area contributed by atoms with Gasteiger partial charge in [0.2, 0.25) is 11.8 Å². The van der Waals surface area contributed by atoms with Crippen molar-refractivity contribution in [3.63, 3.8) is 0 Å². The summed E-state index contributed by atoms with van der Waals surface area (Å²) in [7, 11) is 1.60. The van der Waals surface area contributed by atoms with Gasteiger partial charge in [0.15, 0.2) is 0 Å². The molecule has 5 nitrogen and oxygen atoms in total. The van der Waals surface area contributed by atoms with Crippen LogP contribution in [0, 0.1) is 5.92 Å². The largest absolute Gasteiger partial charge is 0.497 e. The predicted molar refractivity (Wildman–Crippen MR) is 76.7 cm³/mol. The van der Waals surface area contributed by atoms with Gasteiger partial charge in [-0.15, -0.1) is 0 Å². The minimum Gasteiger partial charge on any atom is -0.497 e. The molecule has 0 aliphatic carbocycles. The molecule has 1 aromatic carbocycles. The highest BCUT2D eigenvalue weighted by Gasteiger charge is 2.31. The first kappa shape index (κ1) is 14.4. The van der Waals surface area contributed by atoms with Crippen LogP contribution in [0.2, 0.25) is 0 Å². The summed E-state index contributed by atoms with van der Waals surface area (Å²) in [6.45, 7) is 4.20. The predicted octanol–water partition coefficient (Wildman–Crippen LogP) is 1.57. The third kappa shape index (κ3) is 3.10. The van der Waals surface area contributed by atoms with E-state index in [9.17, 15) is 9.59 Å². The van der Waals surface area contributed by atoms with Crippen molar-refractivity contribution in [3.8, 4) is 5.75 Å². The van der Waals surface area contributed by atoms with E-state index in [0.29, 0.717) is 13.0 Å². The number of ether oxygens (including phenoxy) is 1. The lowest BCUT2D eigenvalue weighted by Gasteiger charge is -2.18. The Bertz CT molecular complexity index is 496. The molecule has 0 aromatic heterocycles. The fourth-order valence-electron chi connectivity index (χ4n) is 2.18. The molecule has 1 fully saturated rings. The molecule has 1 N–H and O–H groups in total. The van der Waals surface area contributed by atoms with Crippen LogP contribution in [0.4, 0.5) is 5.69 Å². The molecule has 1 aliphatic rings. The summed E-state index contributed by atoms with van der Waals surface area (Å²) in [6.07, 6.45) is 0.352. The van der Waals surface area contributed by atoms with Crippen molar-refractivity contribution in [1.82, 2.24) is 5.32 Å². The monoisotopic (exact) mass is 276 g/mol. The summed E-state index contributed by atoms with van der Waals surface area (Å²) >= 11 is 0. The van der Waals surface area contributed by atoms with Gasteiger partial charge in [0.25, 0.3) is 0 Å². The third-order valence-electron chi connectivity index (χ3n) is 3.38. The van der Waals surface area contributed by atoms with E-state index in [4.69, 9.17) is 4.74 Å². The Morgan fingerprint density at radius 2 is 2.00 bits per heavy atom. The molecular weight excluding hydrogens is 256 g/mol. The zero-order valence-electron chi connectivity index (χ0n) is 12.1. The fraction of sp³-hybridized carbons (Fsp3) is 0.467. The summed E-state index contributed by atoms with van der Waals surface area (Å²) in [6, 6.07) is 7.23. The number of hydrogen-bond acceptors (Lipinski definition) is 3. The van der Waals surface area contributed by atoms with Gasteiger partial charge in [-0.05, 0) is 24.3 Å². The first-order valence-corrected chi connectivity index (χ1v) is 6.76. The molecule has 20 heavy (non-hydrogen) atoms. The number of nitrogens with one attached hydrogen (secondary N) is 1. The number of rotatable bonds is 4. The van der Waals surface area contributed by atoms with Crippen molar-refractivity contribution in [2.45, 2.75) is 26.3 Å². The van der Waals surface area contributed by atoms with Crippen molar-refractivity contribution in [2.24, 2.45) is 5.92 Å². The smallest absolute Gasteiger partial charge is 0.229 e. The van der Waals surface area contributed by atoms with Gasteiger partial charge in [0.1, 0.15) is 5.75 Å². The first-order valence-electron chi connectivity index (χ1n) is 6.76. The van der Waals surface area contributed by atoms with Crippen LogP contribution in [0.3, 0.4) is 0 Å². The molecule has 0 saturated carbocycles. The van der Waals surface area contributed by atoms with Crippen LogP contribution >= 0.6 is 0 Å². The van der Waals surface area contributed by atoms with E-state index >= 15 is 0 Å². The van der Waals surface area contributed by atoms with E-state index in [2.05, 4.69) is 5.32 Å². The molecule has 2 rings (SSSR count). The lowest BCUT2D eigenvalue weighted by molar-refractivity contribution is -0.124. The maximum Gasteiger partial charge on any atom is 0.229 e. The number of nitrogens with zero attached hydrogens (tertiary/aromatic N) is 1. The highest BCUT2D eigenvalue weighted by molar-refractivity contribution is 5.97. The maximum absolute atomic E-state index is 12.0. The molecule has 1 aliphatic heterocycles. The minimum atomic E-state index is -0.112. The van der Waals surface area contributed by atoms with E-state index < -0.39 is 0 Å². The second kappa shape index (κ2) is 5.94. The number of benzene rings is 1. The molecule has 0 radical (unpaired) electrons. The van der Waals surface area contributed by atoms with Gasteiger partial charge in [-0.2, -0.15) is 0 Å². The van der Waals surface area contributed by atoms with E-state index in [0.717, 1.165) is 11.4 Å². The van der Waals surface area contributed by atoms with Crippen LogP contribution in [0.15, 0.2) is 24.3 Å².